The third-order valence-electron chi connectivity index (χ3n) is 2.96. The molecular formula is C15H18N2O3. The van der Waals surface area contributed by atoms with E-state index in [1.54, 1.807) is 32.4 Å². The van der Waals surface area contributed by atoms with Crippen LogP contribution in [0.1, 0.15) is 15.9 Å². The lowest BCUT2D eigenvalue weighted by atomic mass is 10.2. The summed E-state index contributed by atoms with van der Waals surface area (Å²) in [5.41, 5.74) is 1.56. The van der Waals surface area contributed by atoms with Crippen molar-refractivity contribution in [1.82, 2.24) is 9.88 Å². The summed E-state index contributed by atoms with van der Waals surface area (Å²) in [4.78, 5) is 12.1. The molecule has 2 aromatic rings. The molecule has 0 bridgehead atoms. The number of hydrogen-bond donors (Lipinski definition) is 1. The highest BCUT2D eigenvalue weighted by molar-refractivity contribution is 5.95. The van der Waals surface area contributed by atoms with Gasteiger partial charge < -0.3 is 19.4 Å². The van der Waals surface area contributed by atoms with Crippen molar-refractivity contribution in [3.8, 4) is 11.5 Å². The minimum Gasteiger partial charge on any atom is -0.497 e. The monoisotopic (exact) mass is 274 g/mol. The van der Waals surface area contributed by atoms with Crippen molar-refractivity contribution in [3.63, 3.8) is 0 Å². The van der Waals surface area contributed by atoms with E-state index in [0.29, 0.717) is 23.6 Å². The van der Waals surface area contributed by atoms with E-state index in [2.05, 4.69) is 5.32 Å². The number of nitrogens with one attached hydrogen (secondary N) is 1. The first-order chi connectivity index (χ1) is 9.62. The Labute approximate surface area is 118 Å². The summed E-state index contributed by atoms with van der Waals surface area (Å²) in [5.74, 6) is 1.02. The molecule has 0 spiro atoms. The van der Waals surface area contributed by atoms with E-state index in [9.17, 15) is 4.79 Å². The predicted octanol–water partition coefficient (Wildman–Crippen LogP) is 1.97. The molecular weight excluding hydrogens is 256 g/mol. The van der Waals surface area contributed by atoms with Crippen LogP contribution in [0.25, 0.3) is 0 Å². The minimum absolute atomic E-state index is 0.161. The first-order valence-corrected chi connectivity index (χ1v) is 6.24. The second-order valence-electron chi connectivity index (χ2n) is 4.47. The Balaban J connectivity index is 2.08. The van der Waals surface area contributed by atoms with Gasteiger partial charge in [-0.2, -0.15) is 0 Å². The molecule has 5 heteroatoms. The molecule has 0 saturated carbocycles. The first kappa shape index (κ1) is 14.0. The van der Waals surface area contributed by atoms with Crippen molar-refractivity contribution in [1.29, 1.82) is 0 Å². The number of methoxy groups -OCH3 is 2. The highest BCUT2D eigenvalue weighted by Crippen LogP contribution is 2.22. The van der Waals surface area contributed by atoms with Gasteiger partial charge >= 0.3 is 0 Å². The fourth-order valence-electron chi connectivity index (χ4n) is 1.89. The summed E-state index contributed by atoms with van der Waals surface area (Å²) in [6, 6.07) is 7.06. The van der Waals surface area contributed by atoms with E-state index < -0.39 is 0 Å². The molecule has 1 amide bonds. The van der Waals surface area contributed by atoms with Gasteiger partial charge in [-0.05, 0) is 23.8 Å². The summed E-state index contributed by atoms with van der Waals surface area (Å²) < 4.78 is 12.2. The topological polar surface area (TPSA) is 52.5 Å². The van der Waals surface area contributed by atoms with Crippen LogP contribution in [-0.4, -0.2) is 24.7 Å². The largest absolute Gasteiger partial charge is 0.497 e. The van der Waals surface area contributed by atoms with Crippen molar-refractivity contribution < 1.29 is 14.3 Å². The van der Waals surface area contributed by atoms with Crippen LogP contribution in [0.15, 0.2) is 36.7 Å². The summed E-state index contributed by atoms with van der Waals surface area (Å²) >= 11 is 0. The standard InChI is InChI=1S/C15H18N2O3/c1-17-5-4-11(10-17)9-16-15(18)12-6-13(19-2)8-14(7-12)20-3/h4-8,10H,9H2,1-3H3,(H,16,18). The van der Waals surface area contributed by atoms with Gasteiger partial charge in [-0.25, -0.2) is 0 Å². The van der Waals surface area contributed by atoms with Crippen molar-refractivity contribution in [3.05, 3.63) is 47.8 Å². The number of nitrogens with zero attached hydrogens (tertiary/aromatic N) is 1. The number of ether oxygens (including phenoxy) is 2. The average molecular weight is 274 g/mol. The van der Waals surface area contributed by atoms with Crippen LogP contribution in [-0.2, 0) is 13.6 Å². The molecule has 0 saturated heterocycles. The molecule has 1 aromatic heterocycles. The molecule has 1 aromatic carbocycles. The molecule has 0 atom stereocenters. The van der Waals surface area contributed by atoms with Crippen LogP contribution in [0.5, 0.6) is 11.5 Å². The summed E-state index contributed by atoms with van der Waals surface area (Å²) in [7, 11) is 5.05. The molecule has 0 aliphatic carbocycles. The predicted molar refractivity (Wildman–Crippen MR) is 76.1 cm³/mol. The quantitative estimate of drug-likeness (QED) is 0.907. The highest BCUT2D eigenvalue weighted by Gasteiger charge is 2.09. The van der Waals surface area contributed by atoms with Gasteiger partial charge in [-0.1, -0.05) is 0 Å². The number of carbonyl (C=O) groups excluding carboxylic acids is 1. The van der Waals surface area contributed by atoms with E-state index in [-0.39, 0.29) is 5.91 Å². The van der Waals surface area contributed by atoms with E-state index in [0.717, 1.165) is 5.56 Å². The number of aryl methyl sites for hydroxylation is 1. The molecule has 5 nitrogen and oxygen atoms in total. The number of rotatable bonds is 5. The molecule has 0 fully saturated rings. The second-order valence-corrected chi connectivity index (χ2v) is 4.47. The maximum absolute atomic E-state index is 12.1. The molecule has 20 heavy (non-hydrogen) atoms. The fourth-order valence-corrected chi connectivity index (χ4v) is 1.89. The van der Waals surface area contributed by atoms with Crippen LogP contribution < -0.4 is 14.8 Å². The van der Waals surface area contributed by atoms with Crippen LogP contribution in [0.3, 0.4) is 0 Å². The number of benzene rings is 1. The lowest BCUT2D eigenvalue weighted by molar-refractivity contribution is 0.0950. The fraction of sp³-hybridized carbons (Fsp3) is 0.267. The normalized spacial score (nSPS) is 10.2. The molecule has 0 aliphatic rings. The summed E-state index contributed by atoms with van der Waals surface area (Å²) in [6.45, 7) is 0.485. The zero-order valence-electron chi connectivity index (χ0n) is 11.8. The van der Waals surface area contributed by atoms with Gasteiger partial charge in [0, 0.05) is 37.6 Å². The maximum Gasteiger partial charge on any atom is 0.251 e. The summed E-state index contributed by atoms with van der Waals surface area (Å²) in [5, 5.41) is 2.87. The van der Waals surface area contributed by atoms with Crippen LogP contribution in [0.2, 0.25) is 0 Å². The van der Waals surface area contributed by atoms with Crippen LogP contribution in [0.4, 0.5) is 0 Å². The van der Waals surface area contributed by atoms with Gasteiger partial charge in [-0.3, -0.25) is 4.79 Å². The maximum atomic E-state index is 12.1. The van der Waals surface area contributed by atoms with Gasteiger partial charge in [0.25, 0.3) is 5.91 Å². The Bertz CT molecular complexity index is 583. The van der Waals surface area contributed by atoms with Crippen molar-refractivity contribution in [2.24, 2.45) is 7.05 Å². The Hall–Kier alpha value is -2.43. The molecule has 1 N–H and O–H groups in total. The molecule has 0 unspecified atom stereocenters. The second kappa shape index (κ2) is 6.14. The number of carbonyl (C=O) groups is 1. The Kier molecular flexibility index (Phi) is 4.30. The van der Waals surface area contributed by atoms with Gasteiger partial charge in [0.1, 0.15) is 11.5 Å². The van der Waals surface area contributed by atoms with Gasteiger partial charge in [0.2, 0.25) is 0 Å². The Morgan fingerprint density at radius 3 is 2.35 bits per heavy atom. The average Bonchev–Trinajstić information content (AvgIpc) is 2.89. The van der Waals surface area contributed by atoms with Crippen molar-refractivity contribution >= 4 is 5.91 Å². The SMILES string of the molecule is COc1cc(OC)cc(C(=O)NCc2ccn(C)c2)c1. The Morgan fingerprint density at radius 1 is 1.20 bits per heavy atom. The van der Waals surface area contributed by atoms with Crippen LogP contribution >= 0.6 is 0 Å². The number of amides is 1. The zero-order valence-corrected chi connectivity index (χ0v) is 11.8. The Morgan fingerprint density at radius 2 is 1.85 bits per heavy atom. The third kappa shape index (κ3) is 3.32. The van der Waals surface area contributed by atoms with E-state index >= 15 is 0 Å². The van der Waals surface area contributed by atoms with E-state index in [1.807, 2.05) is 30.1 Å². The van der Waals surface area contributed by atoms with E-state index in [1.165, 1.54) is 0 Å². The summed E-state index contributed by atoms with van der Waals surface area (Å²) in [6.07, 6.45) is 3.91. The molecule has 2 rings (SSSR count). The smallest absolute Gasteiger partial charge is 0.251 e. The van der Waals surface area contributed by atoms with Gasteiger partial charge in [0.15, 0.2) is 0 Å². The van der Waals surface area contributed by atoms with Crippen LogP contribution in [0, 0.1) is 0 Å². The molecule has 0 radical (unpaired) electrons. The zero-order chi connectivity index (χ0) is 14.5. The highest BCUT2D eigenvalue weighted by atomic mass is 16.5. The lowest BCUT2D eigenvalue weighted by Crippen LogP contribution is -2.22. The van der Waals surface area contributed by atoms with E-state index in [4.69, 9.17) is 9.47 Å². The molecule has 106 valence electrons. The third-order valence-corrected chi connectivity index (χ3v) is 2.96. The molecule has 0 aliphatic heterocycles. The molecule has 1 heterocycles. The number of hydrogen-bond acceptors (Lipinski definition) is 3. The lowest BCUT2D eigenvalue weighted by Gasteiger charge is -2.08. The first-order valence-electron chi connectivity index (χ1n) is 6.24. The van der Waals surface area contributed by atoms with Gasteiger partial charge in [-0.15, -0.1) is 0 Å². The minimum atomic E-state index is -0.161. The van der Waals surface area contributed by atoms with Crippen molar-refractivity contribution in [2.45, 2.75) is 6.54 Å². The number of aromatic nitrogens is 1. The van der Waals surface area contributed by atoms with Crippen molar-refractivity contribution in [2.75, 3.05) is 14.2 Å². The van der Waals surface area contributed by atoms with Gasteiger partial charge in [0.05, 0.1) is 14.2 Å².